The molecule has 1 fully saturated rings. The lowest BCUT2D eigenvalue weighted by Crippen LogP contribution is -2.34. The molecule has 0 aromatic carbocycles. The summed E-state index contributed by atoms with van der Waals surface area (Å²) >= 11 is 0. The summed E-state index contributed by atoms with van der Waals surface area (Å²) in [6, 6.07) is 0. The van der Waals surface area contributed by atoms with Crippen molar-refractivity contribution in [3.05, 3.63) is 18.2 Å². The van der Waals surface area contributed by atoms with Crippen molar-refractivity contribution in [2.45, 2.75) is 38.3 Å². The number of aliphatic hydroxyl groups excluding tert-OH is 1. The van der Waals surface area contributed by atoms with E-state index in [1.807, 2.05) is 6.20 Å². The quantitative estimate of drug-likeness (QED) is 0.811. The molecule has 0 bridgehead atoms. The van der Waals surface area contributed by atoms with Crippen LogP contribution in [-0.2, 0) is 6.54 Å². The lowest BCUT2D eigenvalue weighted by atomic mass is 9.86. The van der Waals surface area contributed by atoms with E-state index in [9.17, 15) is 5.11 Å². The van der Waals surface area contributed by atoms with E-state index >= 15 is 0 Å². The van der Waals surface area contributed by atoms with Crippen LogP contribution in [0.15, 0.2) is 12.5 Å². The molecule has 0 radical (unpaired) electrons. The third-order valence-electron chi connectivity index (χ3n) is 3.41. The fraction of sp³-hybridized carbons (Fsp3) is 0.750. The topological polar surface area (TPSA) is 52.2 Å². The Kier molecular flexibility index (Phi) is 3.96. The first-order chi connectivity index (χ1) is 7.75. The van der Waals surface area contributed by atoms with Crippen LogP contribution in [0.1, 0.15) is 31.4 Å². The van der Waals surface area contributed by atoms with Crippen LogP contribution in [0.4, 0.5) is 0 Å². The fourth-order valence-corrected chi connectivity index (χ4v) is 2.53. The van der Waals surface area contributed by atoms with Crippen LogP contribution < -0.4 is 0 Å². The van der Waals surface area contributed by atoms with Gasteiger partial charge in [-0.3, -0.25) is 0 Å². The minimum atomic E-state index is -0.0991. The van der Waals surface area contributed by atoms with Gasteiger partial charge in [-0.1, -0.05) is 12.8 Å². The Morgan fingerprint density at radius 2 is 2.31 bits per heavy atom. The van der Waals surface area contributed by atoms with E-state index in [2.05, 4.69) is 21.9 Å². The zero-order chi connectivity index (χ0) is 11.4. The molecule has 4 nitrogen and oxygen atoms in total. The molecule has 0 aliphatic heterocycles. The van der Waals surface area contributed by atoms with E-state index in [-0.39, 0.29) is 6.10 Å². The Morgan fingerprint density at radius 1 is 1.50 bits per heavy atom. The molecule has 0 saturated heterocycles. The lowest BCUT2D eigenvalue weighted by molar-refractivity contribution is 0.0500. The monoisotopic (exact) mass is 223 g/mol. The summed E-state index contributed by atoms with van der Waals surface area (Å²) in [5, 5.41) is 9.90. The highest BCUT2D eigenvalue weighted by atomic mass is 16.3. The molecule has 90 valence electrons. The molecule has 1 aliphatic carbocycles. The predicted molar refractivity (Wildman–Crippen MR) is 62.9 cm³/mol. The highest BCUT2D eigenvalue weighted by Gasteiger charge is 2.23. The van der Waals surface area contributed by atoms with Gasteiger partial charge in [0.15, 0.2) is 0 Å². The number of aliphatic hydroxyl groups is 1. The fourth-order valence-electron chi connectivity index (χ4n) is 2.53. The first-order valence-corrected chi connectivity index (χ1v) is 6.09. The molecule has 0 amide bonds. The largest absolute Gasteiger partial charge is 0.393 e. The third-order valence-corrected chi connectivity index (χ3v) is 3.41. The second-order valence-corrected chi connectivity index (χ2v) is 4.89. The van der Waals surface area contributed by atoms with Gasteiger partial charge in [0.1, 0.15) is 0 Å². The molecule has 1 aromatic rings. The van der Waals surface area contributed by atoms with Crippen molar-refractivity contribution >= 4 is 0 Å². The van der Waals surface area contributed by atoms with Crippen molar-refractivity contribution in [2.24, 2.45) is 5.92 Å². The molecular formula is C12H21N3O. The number of nitrogens with zero attached hydrogens (tertiary/aromatic N) is 2. The Hall–Kier alpha value is -0.870. The highest BCUT2D eigenvalue weighted by Crippen LogP contribution is 2.25. The maximum Gasteiger partial charge on any atom is 0.0922 e. The first-order valence-electron chi connectivity index (χ1n) is 6.09. The van der Waals surface area contributed by atoms with Crippen LogP contribution in [0, 0.1) is 5.92 Å². The van der Waals surface area contributed by atoms with Gasteiger partial charge < -0.3 is 15.0 Å². The average Bonchev–Trinajstić information content (AvgIpc) is 2.74. The second-order valence-electron chi connectivity index (χ2n) is 4.89. The number of aromatic amines is 1. The standard InChI is InChI=1S/C12H21N3O/c1-15(8-11-6-13-9-14-11)7-10-4-2-3-5-12(10)16/h6,9-10,12,16H,2-5,7-8H2,1H3,(H,13,14). The highest BCUT2D eigenvalue weighted by molar-refractivity contribution is 4.93. The lowest BCUT2D eigenvalue weighted by Gasteiger charge is -2.31. The van der Waals surface area contributed by atoms with Gasteiger partial charge >= 0.3 is 0 Å². The van der Waals surface area contributed by atoms with Gasteiger partial charge in [-0.25, -0.2) is 4.98 Å². The number of hydrogen-bond acceptors (Lipinski definition) is 3. The van der Waals surface area contributed by atoms with Crippen molar-refractivity contribution in [3.63, 3.8) is 0 Å². The van der Waals surface area contributed by atoms with Crippen molar-refractivity contribution < 1.29 is 5.11 Å². The molecule has 2 unspecified atom stereocenters. The average molecular weight is 223 g/mol. The molecule has 2 N–H and O–H groups in total. The maximum atomic E-state index is 9.90. The molecule has 0 spiro atoms. The molecule has 2 rings (SSSR count). The normalized spacial score (nSPS) is 26.2. The molecule has 2 atom stereocenters. The molecular weight excluding hydrogens is 202 g/mol. The van der Waals surface area contributed by atoms with E-state index < -0.39 is 0 Å². The SMILES string of the molecule is CN(Cc1cnc[nH]1)CC1CCCCC1O. The minimum Gasteiger partial charge on any atom is -0.393 e. The van der Waals surface area contributed by atoms with Gasteiger partial charge in [0, 0.05) is 25.0 Å². The van der Waals surface area contributed by atoms with E-state index in [4.69, 9.17) is 0 Å². The summed E-state index contributed by atoms with van der Waals surface area (Å²) in [5.74, 6) is 0.446. The smallest absolute Gasteiger partial charge is 0.0922 e. The summed E-state index contributed by atoms with van der Waals surface area (Å²) in [6.07, 6.45) is 8.04. The zero-order valence-corrected chi connectivity index (χ0v) is 9.89. The summed E-state index contributed by atoms with van der Waals surface area (Å²) in [6.45, 7) is 1.85. The van der Waals surface area contributed by atoms with Crippen molar-refractivity contribution in [1.82, 2.24) is 14.9 Å². The summed E-state index contributed by atoms with van der Waals surface area (Å²) in [7, 11) is 2.10. The van der Waals surface area contributed by atoms with Crippen LogP contribution in [0.2, 0.25) is 0 Å². The zero-order valence-electron chi connectivity index (χ0n) is 9.89. The van der Waals surface area contributed by atoms with Crippen LogP contribution in [0.5, 0.6) is 0 Å². The van der Waals surface area contributed by atoms with Crippen molar-refractivity contribution in [2.75, 3.05) is 13.6 Å². The molecule has 16 heavy (non-hydrogen) atoms. The van der Waals surface area contributed by atoms with E-state index in [1.54, 1.807) is 6.33 Å². The predicted octanol–water partition coefficient (Wildman–Crippen LogP) is 1.39. The van der Waals surface area contributed by atoms with Gasteiger partial charge in [0.2, 0.25) is 0 Å². The van der Waals surface area contributed by atoms with Gasteiger partial charge in [-0.15, -0.1) is 0 Å². The minimum absolute atomic E-state index is 0.0991. The molecule has 4 heteroatoms. The number of hydrogen-bond donors (Lipinski definition) is 2. The number of imidazole rings is 1. The Bertz CT molecular complexity index is 299. The number of aromatic nitrogens is 2. The Balaban J connectivity index is 1.79. The summed E-state index contributed by atoms with van der Waals surface area (Å²) < 4.78 is 0. The van der Waals surface area contributed by atoms with Crippen LogP contribution in [0.3, 0.4) is 0 Å². The van der Waals surface area contributed by atoms with Crippen LogP contribution in [0.25, 0.3) is 0 Å². The maximum absolute atomic E-state index is 9.90. The molecule has 1 heterocycles. The number of nitrogens with one attached hydrogen (secondary N) is 1. The molecule has 1 aromatic heterocycles. The number of rotatable bonds is 4. The number of H-pyrrole nitrogens is 1. The van der Waals surface area contributed by atoms with Gasteiger partial charge in [-0.2, -0.15) is 0 Å². The Morgan fingerprint density at radius 3 is 3.00 bits per heavy atom. The van der Waals surface area contributed by atoms with Crippen molar-refractivity contribution in [1.29, 1.82) is 0 Å². The summed E-state index contributed by atoms with van der Waals surface area (Å²) in [4.78, 5) is 9.36. The first kappa shape index (κ1) is 11.6. The van der Waals surface area contributed by atoms with Gasteiger partial charge in [0.25, 0.3) is 0 Å². The second kappa shape index (κ2) is 5.46. The molecule has 1 aliphatic rings. The van der Waals surface area contributed by atoms with Gasteiger partial charge in [0.05, 0.1) is 12.4 Å². The van der Waals surface area contributed by atoms with Crippen LogP contribution in [-0.4, -0.2) is 39.7 Å². The third kappa shape index (κ3) is 3.06. The Labute approximate surface area is 96.7 Å². The summed E-state index contributed by atoms with van der Waals surface area (Å²) in [5.41, 5.74) is 1.13. The van der Waals surface area contributed by atoms with E-state index in [0.29, 0.717) is 5.92 Å². The molecule has 1 saturated carbocycles. The van der Waals surface area contributed by atoms with E-state index in [0.717, 1.165) is 31.6 Å². The van der Waals surface area contributed by atoms with E-state index in [1.165, 1.54) is 12.8 Å². The van der Waals surface area contributed by atoms with Crippen molar-refractivity contribution in [3.8, 4) is 0 Å². The van der Waals surface area contributed by atoms with Gasteiger partial charge in [-0.05, 0) is 25.8 Å². The van der Waals surface area contributed by atoms with Crippen LogP contribution >= 0.6 is 0 Å².